The number of rotatable bonds is 5. The van der Waals surface area contributed by atoms with Crippen molar-refractivity contribution in [3.63, 3.8) is 0 Å². The highest BCUT2D eigenvalue weighted by molar-refractivity contribution is 4.86. The van der Waals surface area contributed by atoms with Gasteiger partial charge >= 0.3 is 0 Å². The number of hydrogen-bond donors (Lipinski definition) is 1. The van der Waals surface area contributed by atoms with Crippen LogP contribution in [0.5, 0.6) is 0 Å². The molecule has 0 aliphatic rings. The second-order valence-electron chi connectivity index (χ2n) is 2.95. The van der Waals surface area contributed by atoms with Crippen LogP contribution in [0.1, 0.15) is 5.76 Å². The first-order valence-electron chi connectivity index (χ1n) is 4.02. The highest BCUT2D eigenvalue weighted by Gasteiger charge is 1.94. The minimum atomic E-state index is 0.758. The highest BCUT2D eigenvalue weighted by Crippen LogP contribution is 1.93. The van der Waals surface area contributed by atoms with Crippen molar-refractivity contribution in [2.45, 2.75) is 6.54 Å². The van der Waals surface area contributed by atoms with Gasteiger partial charge in [-0.2, -0.15) is 0 Å². The number of hydrogen-bond acceptors (Lipinski definition) is 4. The molecule has 68 valence electrons. The SMILES string of the molecule is CN(C)CCNCc1cnco1. The van der Waals surface area contributed by atoms with Gasteiger partial charge in [0.05, 0.1) is 12.7 Å². The van der Waals surface area contributed by atoms with Gasteiger partial charge in [-0.15, -0.1) is 0 Å². The van der Waals surface area contributed by atoms with Gasteiger partial charge in [0.2, 0.25) is 0 Å². The molecule has 0 radical (unpaired) electrons. The Morgan fingerprint density at radius 1 is 1.58 bits per heavy atom. The molecule has 0 bridgehead atoms. The second-order valence-corrected chi connectivity index (χ2v) is 2.95. The Labute approximate surface area is 72.6 Å². The van der Waals surface area contributed by atoms with Gasteiger partial charge in [0.15, 0.2) is 6.39 Å². The summed E-state index contributed by atoms with van der Waals surface area (Å²) in [4.78, 5) is 5.95. The van der Waals surface area contributed by atoms with Crippen LogP contribution in [0.25, 0.3) is 0 Å². The quantitative estimate of drug-likeness (QED) is 0.645. The molecule has 0 aliphatic carbocycles. The minimum Gasteiger partial charge on any atom is -0.447 e. The predicted octanol–water partition coefficient (Wildman–Crippen LogP) is 0.326. The van der Waals surface area contributed by atoms with Crippen molar-refractivity contribution >= 4 is 0 Å². The third-order valence-electron chi connectivity index (χ3n) is 1.52. The molecule has 0 fully saturated rings. The van der Waals surface area contributed by atoms with Crippen LogP contribution in [0.15, 0.2) is 17.0 Å². The molecule has 1 N–H and O–H groups in total. The third-order valence-corrected chi connectivity index (χ3v) is 1.52. The summed E-state index contributed by atoms with van der Waals surface area (Å²) in [6, 6.07) is 0. The zero-order valence-corrected chi connectivity index (χ0v) is 7.58. The molecule has 4 heteroatoms. The van der Waals surface area contributed by atoms with Crippen molar-refractivity contribution in [1.29, 1.82) is 0 Å². The fourth-order valence-electron chi connectivity index (χ4n) is 0.844. The molecule has 12 heavy (non-hydrogen) atoms. The molecule has 0 saturated carbocycles. The van der Waals surface area contributed by atoms with E-state index in [1.165, 1.54) is 6.39 Å². The molecule has 0 saturated heterocycles. The van der Waals surface area contributed by atoms with Crippen LogP contribution >= 0.6 is 0 Å². The van der Waals surface area contributed by atoms with Crippen LogP contribution in [-0.4, -0.2) is 37.1 Å². The lowest BCUT2D eigenvalue weighted by atomic mass is 10.5. The number of nitrogens with one attached hydrogen (secondary N) is 1. The molecule has 1 rings (SSSR count). The Balaban J connectivity index is 2.04. The monoisotopic (exact) mass is 169 g/mol. The maximum absolute atomic E-state index is 5.05. The van der Waals surface area contributed by atoms with Gasteiger partial charge in [-0.3, -0.25) is 0 Å². The Morgan fingerprint density at radius 3 is 3.00 bits per heavy atom. The molecule has 1 heterocycles. The smallest absolute Gasteiger partial charge is 0.180 e. The molecule has 1 aromatic rings. The van der Waals surface area contributed by atoms with Gasteiger partial charge in [0.25, 0.3) is 0 Å². The molecule has 4 nitrogen and oxygen atoms in total. The number of aromatic nitrogens is 1. The first-order valence-corrected chi connectivity index (χ1v) is 4.02. The van der Waals surface area contributed by atoms with Gasteiger partial charge in [0.1, 0.15) is 5.76 Å². The molecule has 0 aromatic carbocycles. The molecule has 0 aliphatic heterocycles. The van der Waals surface area contributed by atoms with E-state index in [9.17, 15) is 0 Å². The lowest BCUT2D eigenvalue weighted by molar-refractivity contribution is 0.391. The van der Waals surface area contributed by atoms with E-state index >= 15 is 0 Å². The van der Waals surface area contributed by atoms with Crippen LogP contribution in [0.2, 0.25) is 0 Å². The van der Waals surface area contributed by atoms with E-state index in [4.69, 9.17) is 4.42 Å². The summed E-state index contributed by atoms with van der Waals surface area (Å²) in [5, 5.41) is 3.24. The van der Waals surface area contributed by atoms with E-state index in [0.29, 0.717) is 0 Å². The van der Waals surface area contributed by atoms with Crippen LogP contribution < -0.4 is 5.32 Å². The van der Waals surface area contributed by atoms with E-state index < -0.39 is 0 Å². The summed E-state index contributed by atoms with van der Waals surface area (Å²) >= 11 is 0. The molecular formula is C8H15N3O. The van der Waals surface area contributed by atoms with Crippen LogP contribution in [0, 0.1) is 0 Å². The summed E-state index contributed by atoms with van der Waals surface area (Å²) in [5.41, 5.74) is 0. The van der Waals surface area contributed by atoms with Crippen LogP contribution in [-0.2, 0) is 6.54 Å². The molecule has 0 spiro atoms. The Hall–Kier alpha value is -0.870. The second kappa shape index (κ2) is 4.90. The van der Waals surface area contributed by atoms with Crippen molar-refractivity contribution in [3.05, 3.63) is 18.4 Å². The van der Waals surface area contributed by atoms with Gasteiger partial charge in [0, 0.05) is 13.1 Å². The van der Waals surface area contributed by atoms with Crippen molar-refractivity contribution in [3.8, 4) is 0 Å². The minimum absolute atomic E-state index is 0.758. The average molecular weight is 169 g/mol. The average Bonchev–Trinajstić information content (AvgIpc) is 2.49. The summed E-state index contributed by atoms with van der Waals surface area (Å²) in [5.74, 6) is 0.883. The molecule has 0 unspecified atom stereocenters. The molecular weight excluding hydrogens is 154 g/mol. The van der Waals surface area contributed by atoms with Crippen LogP contribution in [0.4, 0.5) is 0 Å². The lowest BCUT2D eigenvalue weighted by Gasteiger charge is -2.08. The Morgan fingerprint density at radius 2 is 2.42 bits per heavy atom. The first-order chi connectivity index (χ1) is 5.79. The molecule has 0 atom stereocenters. The third kappa shape index (κ3) is 3.50. The first kappa shape index (κ1) is 9.22. The van der Waals surface area contributed by atoms with E-state index in [0.717, 1.165) is 25.4 Å². The van der Waals surface area contributed by atoms with E-state index in [-0.39, 0.29) is 0 Å². The van der Waals surface area contributed by atoms with Gasteiger partial charge in [-0.05, 0) is 14.1 Å². The van der Waals surface area contributed by atoms with Gasteiger partial charge in [-0.1, -0.05) is 0 Å². The Bertz CT molecular complexity index is 196. The van der Waals surface area contributed by atoms with Crippen molar-refractivity contribution in [2.24, 2.45) is 0 Å². The lowest BCUT2D eigenvalue weighted by Crippen LogP contribution is -2.25. The van der Waals surface area contributed by atoms with E-state index in [2.05, 4.69) is 29.3 Å². The van der Waals surface area contributed by atoms with Gasteiger partial charge < -0.3 is 14.6 Å². The van der Waals surface area contributed by atoms with Crippen molar-refractivity contribution < 1.29 is 4.42 Å². The summed E-state index contributed by atoms with van der Waals surface area (Å²) in [6.07, 6.45) is 3.17. The maximum Gasteiger partial charge on any atom is 0.180 e. The normalized spacial score (nSPS) is 10.9. The summed E-state index contributed by atoms with van der Waals surface area (Å²) < 4.78 is 5.05. The van der Waals surface area contributed by atoms with E-state index in [1.54, 1.807) is 6.20 Å². The predicted molar refractivity (Wildman–Crippen MR) is 46.8 cm³/mol. The zero-order valence-electron chi connectivity index (χ0n) is 7.58. The standard InChI is InChI=1S/C8H15N3O/c1-11(2)4-3-9-5-8-6-10-7-12-8/h6-7,9H,3-5H2,1-2H3. The zero-order chi connectivity index (χ0) is 8.81. The summed E-state index contributed by atoms with van der Waals surface area (Å²) in [6.45, 7) is 2.76. The fourth-order valence-corrected chi connectivity index (χ4v) is 0.844. The fraction of sp³-hybridized carbons (Fsp3) is 0.625. The van der Waals surface area contributed by atoms with Crippen molar-refractivity contribution in [2.75, 3.05) is 27.2 Å². The van der Waals surface area contributed by atoms with Crippen LogP contribution in [0.3, 0.4) is 0 Å². The van der Waals surface area contributed by atoms with Gasteiger partial charge in [-0.25, -0.2) is 4.98 Å². The number of oxazole rings is 1. The van der Waals surface area contributed by atoms with Crippen molar-refractivity contribution in [1.82, 2.24) is 15.2 Å². The van der Waals surface area contributed by atoms with E-state index in [1.807, 2.05) is 0 Å². The highest BCUT2D eigenvalue weighted by atomic mass is 16.3. The number of nitrogens with zero attached hydrogens (tertiary/aromatic N) is 2. The molecule has 1 aromatic heterocycles. The number of likely N-dealkylation sites (N-methyl/N-ethyl adjacent to an activating group) is 1. The molecule has 0 amide bonds. The maximum atomic E-state index is 5.05. The largest absolute Gasteiger partial charge is 0.447 e. The summed E-state index contributed by atoms with van der Waals surface area (Å²) in [7, 11) is 4.10. The Kier molecular flexibility index (Phi) is 3.76. The topological polar surface area (TPSA) is 41.3 Å².